The van der Waals surface area contributed by atoms with Crippen LogP contribution in [0.2, 0.25) is 0 Å². The average Bonchev–Trinajstić information content (AvgIpc) is 2.71. The van der Waals surface area contributed by atoms with Crippen molar-refractivity contribution >= 4 is 35.2 Å². The van der Waals surface area contributed by atoms with Crippen molar-refractivity contribution in [3.8, 4) is 0 Å². The van der Waals surface area contributed by atoms with Gasteiger partial charge >= 0.3 is 0 Å². The smallest absolute Gasteiger partial charge is 0.280 e. The number of nitrogens with zero attached hydrogens (tertiary/aromatic N) is 2. The minimum Gasteiger partial charge on any atom is -0.370 e. The number of amides is 1. The summed E-state index contributed by atoms with van der Waals surface area (Å²) < 4.78 is 2.10. The molecule has 0 aliphatic rings. The molecule has 0 fully saturated rings. The Hall–Kier alpha value is -2.01. The molecule has 0 saturated carbocycles. The zero-order valence-corrected chi connectivity index (χ0v) is 11.6. The molecular weight excluding hydrogens is 264 g/mol. The number of hydrogen-bond donors (Lipinski definition) is 2. The number of guanidine groups is 1. The molecule has 2 rings (SSSR count). The average molecular weight is 281 g/mol. The number of fused-ring (bicyclic) bond motifs is 1. The highest BCUT2D eigenvalue weighted by Gasteiger charge is 2.12. The Morgan fingerprint density at radius 3 is 2.53 bits per heavy atom. The second-order valence-electron chi connectivity index (χ2n) is 4.40. The monoisotopic (exact) mass is 280 g/mol. The first kappa shape index (κ1) is 15.0. The summed E-state index contributed by atoms with van der Waals surface area (Å²) in [6, 6.07) is 7.76. The van der Waals surface area contributed by atoms with Crippen molar-refractivity contribution < 1.29 is 4.79 Å². The number of halogens is 1. The normalized spacial score (nSPS) is 10.3. The summed E-state index contributed by atoms with van der Waals surface area (Å²) in [5.74, 6) is -0.637. The van der Waals surface area contributed by atoms with E-state index in [-0.39, 0.29) is 18.4 Å². The highest BCUT2D eigenvalue weighted by atomic mass is 35.5. The third-order valence-corrected chi connectivity index (χ3v) is 2.78. The molecule has 1 aromatic heterocycles. The van der Waals surface area contributed by atoms with Crippen LogP contribution in [-0.2, 0) is 0 Å². The molecule has 0 unspecified atom stereocenters. The lowest BCUT2D eigenvalue weighted by Crippen LogP contribution is -2.24. The predicted octanol–water partition coefficient (Wildman–Crippen LogP) is 2.06. The van der Waals surface area contributed by atoms with E-state index in [0.29, 0.717) is 11.6 Å². The molecule has 102 valence electrons. The van der Waals surface area contributed by atoms with Crippen LogP contribution in [0.5, 0.6) is 0 Å². The van der Waals surface area contributed by atoms with Gasteiger partial charge in [-0.25, -0.2) is 0 Å². The van der Waals surface area contributed by atoms with Crippen molar-refractivity contribution in [2.75, 3.05) is 0 Å². The lowest BCUT2D eigenvalue weighted by atomic mass is 10.1. The highest BCUT2D eigenvalue weighted by molar-refractivity contribution is 6.10. The SMILES string of the molecule is CC(C)n1ccc2c(C(=O)N=C(N)N)cccc21.Cl. The zero-order chi connectivity index (χ0) is 13.3. The first-order valence-corrected chi connectivity index (χ1v) is 5.74. The first-order chi connectivity index (χ1) is 8.50. The van der Waals surface area contributed by atoms with E-state index >= 15 is 0 Å². The zero-order valence-electron chi connectivity index (χ0n) is 10.8. The van der Waals surface area contributed by atoms with E-state index in [1.807, 2.05) is 24.4 Å². The second-order valence-corrected chi connectivity index (χ2v) is 4.40. The van der Waals surface area contributed by atoms with Crippen LogP contribution in [0.1, 0.15) is 30.2 Å². The maximum Gasteiger partial charge on any atom is 0.280 e. The standard InChI is InChI=1S/C13H16N4O.ClH/c1-8(2)17-7-6-9-10(4-3-5-11(9)17)12(18)16-13(14)15;/h3-8H,1-2H3,(H4,14,15,16,18);1H. The topological polar surface area (TPSA) is 86.4 Å². The summed E-state index contributed by atoms with van der Waals surface area (Å²) in [5, 5.41) is 0.862. The van der Waals surface area contributed by atoms with Crippen molar-refractivity contribution in [2.24, 2.45) is 16.5 Å². The summed E-state index contributed by atoms with van der Waals surface area (Å²) in [7, 11) is 0. The Bertz CT molecular complexity index is 627. The van der Waals surface area contributed by atoms with Gasteiger partial charge in [0.05, 0.1) is 5.56 Å². The molecule has 0 saturated heterocycles. The molecule has 1 aromatic carbocycles. The van der Waals surface area contributed by atoms with Gasteiger partial charge in [0.1, 0.15) is 0 Å². The molecule has 5 nitrogen and oxygen atoms in total. The Labute approximate surface area is 117 Å². The van der Waals surface area contributed by atoms with E-state index in [1.54, 1.807) is 6.07 Å². The van der Waals surface area contributed by atoms with Gasteiger partial charge in [-0.2, -0.15) is 4.99 Å². The van der Waals surface area contributed by atoms with Crippen molar-refractivity contribution in [1.29, 1.82) is 0 Å². The number of aromatic nitrogens is 1. The Morgan fingerprint density at radius 1 is 1.26 bits per heavy atom. The van der Waals surface area contributed by atoms with Crippen LogP contribution in [0.25, 0.3) is 10.9 Å². The molecule has 1 amide bonds. The first-order valence-electron chi connectivity index (χ1n) is 5.74. The van der Waals surface area contributed by atoms with Gasteiger partial charge in [-0.15, -0.1) is 12.4 Å². The van der Waals surface area contributed by atoms with Gasteiger partial charge in [-0.05, 0) is 32.0 Å². The number of rotatable bonds is 2. The summed E-state index contributed by atoms with van der Waals surface area (Å²) in [5.41, 5.74) is 12.0. The van der Waals surface area contributed by atoms with Crippen molar-refractivity contribution in [3.63, 3.8) is 0 Å². The van der Waals surface area contributed by atoms with Crippen molar-refractivity contribution in [1.82, 2.24) is 4.57 Å². The van der Waals surface area contributed by atoms with Crippen LogP contribution in [-0.4, -0.2) is 16.4 Å². The predicted molar refractivity (Wildman–Crippen MR) is 79.7 cm³/mol. The Morgan fingerprint density at radius 2 is 1.95 bits per heavy atom. The van der Waals surface area contributed by atoms with Crippen LogP contribution < -0.4 is 11.5 Å². The Balaban J connectivity index is 0.00000180. The maximum atomic E-state index is 11.9. The van der Waals surface area contributed by atoms with Crippen LogP contribution in [0.4, 0.5) is 0 Å². The van der Waals surface area contributed by atoms with E-state index < -0.39 is 5.91 Å². The molecule has 0 bridgehead atoms. The van der Waals surface area contributed by atoms with E-state index in [0.717, 1.165) is 10.9 Å². The molecule has 2 aromatic rings. The molecule has 0 aliphatic heterocycles. The van der Waals surface area contributed by atoms with E-state index in [4.69, 9.17) is 11.5 Å². The minimum atomic E-state index is -0.415. The Kier molecular flexibility index (Phi) is 4.56. The summed E-state index contributed by atoms with van der Waals surface area (Å²) in [4.78, 5) is 15.5. The number of nitrogens with two attached hydrogens (primary N) is 2. The molecule has 0 atom stereocenters. The van der Waals surface area contributed by atoms with Crippen molar-refractivity contribution in [2.45, 2.75) is 19.9 Å². The minimum absolute atomic E-state index is 0. The molecule has 0 aliphatic carbocycles. The van der Waals surface area contributed by atoms with Crippen LogP contribution in [0.15, 0.2) is 35.5 Å². The van der Waals surface area contributed by atoms with Gasteiger partial charge in [-0.1, -0.05) is 6.07 Å². The number of aliphatic imine (C=N–C) groups is 1. The van der Waals surface area contributed by atoms with Gasteiger partial charge < -0.3 is 16.0 Å². The van der Waals surface area contributed by atoms with E-state index in [9.17, 15) is 4.79 Å². The fourth-order valence-corrected chi connectivity index (χ4v) is 2.00. The van der Waals surface area contributed by atoms with Crippen LogP contribution in [0.3, 0.4) is 0 Å². The number of carbonyl (C=O) groups excluding carboxylic acids is 1. The number of carbonyl (C=O) groups is 1. The van der Waals surface area contributed by atoms with Gasteiger partial charge in [0, 0.05) is 23.1 Å². The lowest BCUT2D eigenvalue weighted by molar-refractivity contribution is 0.100. The van der Waals surface area contributed by atoms with Gasteiger partial charge in [0.2, 0.25) is 0 Å². The number of benzene rings is 1. The summed E-state index contributed by atoms with van der Waals surface area (Å²) in [6.07, 6.45) is 1.96. The van der Waals surface area contributed by atoms with Crippen molar-refractivity contribution in [3.05, 3.63) is 36.0 Å². The summed E-state index contributed by atoms with van der Waals surface area (Å²) in [6.45, 7) is 4.17. The molecule has 1 heterocycles. The summed E-state index contributed by atoms with van der Waals surface area (Å²) >= 11 is 0. The largest absolute Gasteiger partial charge is 0.370 e. The molecule has 0 spiro atoms. The maximum absolute atomic E-state index is 11.9. The fraction of sp³-hybridized carbons (Fsp3) is 0.231. The highest BCUT2D eigenvalue weighted by Crippen LogP contribution is 2.23. The van der Waals surface area contributed by atoms with Crippen LogP contribution >= 0.6 is 12.4 Å². The molecule has 4 N–H and O–H groups in total. The number of hydrogen-bond acceptors (Lipinski definition) is 1. The van der Waals surface area contributed by atoms with Gasteiger partial charge in [0.25, 0.3) is 5.91 Å². The molecular formula is C13H17ClN4O. The lowest BCUT2D eigenvalue weighted by Gasteiger charge is -2.09. The fourth-order valence-electron chi connectivity index (χ4n) is 2.00. The van der Waals surface area contributed by atoms with E-state index in [2.05, 4.69) is 23.4 Å². The second kappa shape index (κ2) is 5.75. The van der Waals surface area contributed by atoms with Gasteiger partial charge in [0.15, 0.2) is 5.96 Å². The molecule has 19 heavy (non-hydrogen) atoms. The van der Waals surface area contributed by atoms with Gasteiger partial charge in [-0.3, -0.25) is 4.79 Å². The molecule has 6 heteroatoms. The van der Waals surface area contributed by atoms with E-state index in [1.165, 1.54) is 0 Å². The third kappa shape index (κ3) is 2.88. The van der Waals surface area contributed by atoms with Crippen LogP contribution in [0, 0.1) is 0 Å². The quantitative estimate of drug-likeness (QED) is 0.652. The third-order valence-electron chi connectivity index (χ3n) is 2.78. The molecule has 0 radical (unpaired) electrons.